The minimum atomic E-state index is -4.48. The molecule has 1 atom stereocenters. The van der Waals surface area contributed by atoms with Crippen molar-refractivity contribution < 1.29 is 27.5 Å². The van der Waals surface area contributed by atoms with E-state index >= 15 is 0 Å². The highest BCUT2D eigenvalue weighted by Crippen LogP contribution is 2.29. The lowest BCUT2D eigenvalue weighted by molar-refractivity contribution is -0.145. The third kappa shape index (κ3) is 5.61. The van der Waals surface area contributed by atoms with Gasteiger partial charge in [0.2, 0.25) is 5.91 Å². The monoisotopic (exact) mass is 365 g/mol. The molecule has 0 aliphatic rings. The van der Waals surface area contributed by atoms with Gasteiger partial charge in [0.25, 0.3) is 0 Å². The number of halogens is 3. The van der Waals surface area contributed by atoms with E-state index < -0.39 is 29.7 Å². The molecule has 0 unspecified atom stereocenters. The van der Waals surface area contributed by atoms with Gasteiger partial charge in [0.15, 0.2) is 0 Å². The Kier molecular flexibility index (Phi) is 6.38. The van der Waals surface area contributed by atoms with Crippen molar-refractivity contribution in [3.8, 4) is 0 Å². The average molecular weight is 365 g/mol. The second kappa shape index (κ2) is 8.51. The summed E-state index contributed by atoms with van der Waals surface area (Å²) in [5, 5.41) is 2.53. The molecular formula is C19H18F3NO3. The molecule has 0 heterocycles. The molecule has 0 bridgehead atoms. The number of amides is 1. The maximum absolute atomic E-state index is 12.8. The highest BCUT2D eigenvalue weighted by molar-refractivity contribution is 5.85. The third-order valence-corrected chi connectivity index (χ3v) is 3.72. The summed E-state index contributed by atoms with van der Waals surface area (Å²) in [6.07, 6.45) is -4.53. The zero-order valence-electron chi connectivity index (χ0n) is 14.0. The molecule has 1 amide bonds. The van der Waals surface area contributed by atoms with Gasteiger partial charge in [-0.2, -0.15) is 13.2 Å². The van der Waals surface area contributed by atoms with E-state index in [1.165, 1.54) is 12.1 Å². The van der Waals surface area contributed by atoms with E-state index in [4.69, 9.17) is 0 Å². The van der Waals surface area contributed by atoms with Crippen molar-refractivity contribution in [3.05, 3.63) is 71.3 Å². The maximum Gasteiger partial charge on any atom is 0.416 e. The van der Waals surface area contributed by atoms with Crippen LogP contribution in [-0.2, 0) is 33.3 Å². The first-order chi connectivity index (χ1) is 12.3. The Morgan fingerprint density at radius 1 is 1.04 bits per heavy atom. The predicted molar refractivity (Wildman–Crippen MR) is 89.2 cm³/mol. The van der Waals surface area contributed by atoms with E-state index in [0.717, 1.165) is 24.8 Å². The number of carbonyl (C=O) groups is 2. The number of benzene rings is 2. The quantitative estimate of drug-likeness (QED) is 0.800. The van der Waals surface area contributed by atoms with E-state index in [1.54, 1.807) is 24.3 Å². The standard InChI is InChI=1S/C19H18F3NO3/c1-26-18(25)16(23-17(24)12-13-6-3-2-4-7-13)11-14-8-5-9-15(10-14)19(20,21)22/h2-10,16H,11-12H2,1H3,(H,23,24)/t16-/m1/s1. The van der Waals surface area contributed by atoms with Gasteiger partial charge >= 0.3 is 12.1 Å². The van der Waals surface area contributed by atoms with Crippen LogP contribution in [0.1, 0.15) is 16.7 Å². The number of esters is 1. The average Bonchev–Trinajstić information content (AvgIpc) is 2.61. The number of nitrogens with one attached hydrogen (secondary N) is 1. The molecule has 0 saturated carbocycles. The fourth-order valence-corrected chi connectivity index (χ4v) is 2.47. The first-order valence-corrected chi connectivity index (χ1v) is 7.87. The summed E-state index contributed by atoms with van der Waals surface area (Å²) >= 11 is 0. The normalized spacial score (nSPS) is 12.3. The molecule has 138 valence electrons. The van der Waals surface area contributed by atoms with Crippen LogP contribution in [0.2, 0.25) is 0 Å². The molecule has 2 rings (SSSR count). The Hall–Kier alpha value is -2.83. The van der Waals surface area contributed by atoms with Gasteiger partial charge < -0.3 is 10.1 Å². The number of methoxy groups -OCH3 is 1. The van der Waals surface area contributed by atoms with Crippen LogP contribution >= 0.6 is 0 Å². The second-order valence-corrected chi connectivity index (χ2v) is 5.71. The lowest BCUT2D eigenvalue weighted by atomic mass is 10.0. The first kappa shape index (κ1) is 19.5. The number of alkyl halides is 3. The third-order valence-electron chi connectivity index (χ3n) is 3.72. The zero-order valence-corrected chi connectivity index (χ0v) is 14.0. The zero-order chi connectivity index (χ0) is 19.2. The molecule has 2 aromatic carbocycles. The molecule has 0 radical (unpaired) electrons. The predicted octanol–water partition coefficient (Wildman–Crippen LogP) is 3.15. The van der Waals surface area contributed by atoms with Gasteiger partial charge in [0.1, 0.15) is 6.04 Å². The van der Waals surface area contributed by atoms with E-state index in [-0.39, 0.29) is 18.4 Å². The molecular weight excluding hydrogens is 347 g/mol. The molecule has 0 fully saturated rings. The number of hydrogen-bond acceptors (Lipinski definition) is 3. The SMILES string of the molecule is COC(=O)[C@@H](Cc1cccc(C(F)(F)F)c1)NC(=O)Cc1ccccc1. The maximum atomic E-state index is 12.8. The highest BCUT2D eigenvalue weighted by Gasteiger charge is 2.31. The van der Waals surface area contributed by atoms with Crippen molar-refractivity contribution in [1.29, 1.82) is 0 Å². The molecule has 4 nitrogen and oxygen atoms in total. The summed E-state index contributed by atoms with van der Waals surface area (Å²) in [6.45, 7) is 0. The molecule has 26 heavy (non-hydrogen) atoms. The number of ether oxygens (including phenoxy) is 1. The van der Waals surface area contributed by atoms with Crippen LogP contribution in [0, 0.1) is 0 Å². The van der Waals surface area contributed by atoms with Crippen LogP contribution < -0.4 is 5.32 Å². The largest absolute Gasteiger partial charge is 0.467 e. The van der Waals surface area contributed by atoms with E-state index in [2.05, 4.69) is 10.1 Å². The van der Waals surface area contributed by atoms with Crippen LogP contribution in [0.15, 0.2) is 54.6 Å². The number of carbonyl (C=O) groups excluding carboxylic acids is 2. The van der Waals surface area contributed by atoms with Gasteiger partial charge in [-0.1, -0.05) is 48.5 Å². The molecule has 1 N–H and O–H groups in total. The smallest absolute Gasteiger partial charge is 0.416 e. The summed E-state index contributed by atoms with van der Waals surface area (Å²) in [4.78, 5) is 24.1. The number of rotatable bonds is 6. The number of hydrogen-bond donors (Lipinski definition) is 1. The minimum Gasteiger partial charge on any atom is -0.467 e. The summed E-state index contributed by atoms with van der Waals surface area (Å²) < 4.78 is 43.1. The van der Waals surface area contributed by atoms with Crippen molar-refractivity contribution in [1.82, 2.24) is 5.32 Å². The second-order valence-electron chi connectivity index (χ2n) is 5.71. The lowest BCUT2D eigenvalue weighted by Gasteiger charge is -2.17. The lowest BCUT2D eigenvalue weighted by Crippen LogP contribution is -2.43. The van der Waals surface area contributed by atoms with E-state index in [9.17, 15) is 22.8 Å². The van der Waals surface area contributed by atoms with Crippen molar-refractivity contribution >= 4 is 11.9 Å². The Morgan fingerprint density at radius 2 is 1.69 bits per heavy atom. The minimum absolute atomic E-state index is 0.0525. The van der Waals surface area contributed by atoms with Crippen LogP contribution in [0.5, 0.6) is 0 Å². The summed E-state index contributed by atoms with van der Waals surface area (Å²) in [5.41, 5.74) is 0.220. The van der Waals surface area contributed by atoms with Crippen molar-refractivity contribution in [2.75, 3.05) is 7.11 Å². The molecule has 2 aromatic rings. The summed E-state index contributed by atoms with van der Waals surface area (Å²) in [6, 6.07) is 12.5. The van der Waals surface area contributed by atoms with Crippen LogP contribution in [0.4, 0.5) is 13.2 Å². The Balaban J connectivity index is 2.10. The van der Waals surface area contributed by atoms with Gasteiger partial charge in [-0.15, -0.1) is 0 Å². The van der Waals surface area contributed by atoms with Gasteiger partial charge in [-0.25, -0.2) is 4.79 Å². The van der Waals surface area contributed by atoms with Crippen molar-refractivity contribution in [2.45, 2.75) is 25.1 Å². The topological polar surface area (TPSA) is 55.4 Å². The van der Waals surface area contributed by atoms with E-state index in [1.807, 2.05) is 6.07 Å². The van der Waals surface area contributed by atoms with Crippen LogP contribution in [0.3, 0.4) is 0 Å². The van der Waals surface area contributed by atoms with Crippen molar-refractivity contribution in [3.63, 3.8) is 0 Å². The molecule has 0 spiro atoms. The van der Waals surface area contributed by atoms with Crippen LogP contribution in [-0.4, -0.2) is 25.0 Å². The van der Waals surface area contributed by atoms with E-state index in [0.29, 0.717) is 0 Å². The summed E-state index contributed by atoms with van der Waals surface area (Å²) in [7, 11) is 1.16. The molecule has 0 aliphatic carbocycles. The van der Waals surface area contributed by atoms with Gasteiger partial charge in [-0.3, -0.25) is 4.79 Å². The molecule has 0 aromatic heterocycles. The fourth-order valence-electron chi connectivity index (χ4n) is 2.47. The first-order valence-electron chi connectivity index (χ1n) is 7.87. The summed E-state index contributed by atoms with van der Waals surface area (Å²) in [5.74, 6) is -1.14. The molecule has 0 aliphatic heterocycles. The molecule has 0 saturated heterocycles. The van der Waals surface area contributed by atoms with Gasteiger partial charge in [0.05, 0.1) is 19.1 Å². The van der Waals surface area contributed by atoms with Gasteiger partial charge in [0, 0.05) is 6.42 Å². The Morgan fingerprint density at radius 3 is 2.31 bits per heavy atom. The van der Waals surface area contributed by atoms with Crippen LogP contribution in [0.25, 0.3) is 0 Å². The van der Waals surface area contributed by atoms with Gasteiger partial charge in [-0.05, 0) is 17.2 Å². The van der Waals surface area contributed by atoms with Crippen molar-refractivity contribution in [2.24, 2.45) is 0 Å². The fraction of sp³-hybridized carbons (Fsp3) is 0.263. The Bertz CT molecular complexity index is 760. The Labute approximate surface area is 149 Å². The molecule has 7 heteroatoms. The highest BCUT2D eigenvalue weighted by atomic mass is 19.4.